The van der Waals surface area contributed by atoms with Gasteiger partial charge < -0.3 is 20.7 Å². The minimum absolute atomic E-state index is 0.0663. The van der Waals surface area contributed by atoms with E-state index < -0.39 is 0 Å². The van der Waals surface area contributed by atoms with Crippen LogP contribution < -0.4 is 16.0 Å². The molecule has 0 radical (unpaired) electrons. The molecule has 1 unspecified atom stereocenters. The number of ether oxygens (including phenoxy) is 1. The lowest BCUT2D eigenvalue weighted by Crippen LogP contribution is -2.23. The van der Waals surface area contributed by atoms with E-state index in [1.807, 2.05) is 13.2 Å². The van der Waals surface area contributed by atoms with Crippen LogP contribution in [0.4, 0.5) is 10.7 Å². The van der Waals surface area contributed by atoms with E-state index in [9.17, 15) is 4.79 Å². The van der Waals surface area contributed by atoms with Crippen LogP contribution in [-0.2, 0) is 4.74 Å². The molecule has 0 spiro atoms. The quantitative estimate of drug-likeness (QED) is 0.785. The van der Waals surface area contributed by atoms with Gasteiger partial charge in [0.05, 0.1) is 16.7 Å². The molecular weight excluding hydrogens is 306 g/mol. The molecule has 1 aliphatic heterocycles. The monoisotopic (exact) mass is 329 g/mol. The van der Waals surface area contributed by atoms with Crippen LogP contribution in [0.2, 0.25) is 0 Å². The smallest absolute Gasteiger partial charge is 0.263 e. The van der Waals surface area contributed by atoms with Crippen LogP contribution in [0.15, 0.2) is 4.90 Å². The summed E-state index contributed by atoms with van der Waals surface area (Å²) >= 11 is 3.09. The minimum Gasteiger partial charge on any atom is -0.396 e. The van der Waals surface area contributed by atoms with Crippen molar-refractivity contribution in [3.63, 3.8) is 0 Å². The van der Waals surface area contributed by atoms with Crippen molar-refractivity contribution < 1.29 is 9.53 Å². The topological polar surface area (TPSA) is 67.6 Å². The van der Waals surface area contributed by atoms with Gasteiger partial charge >= 0.3 is 0 Å². The largest absolute Gasteiger partial charge is 0.396 e. The molecule has 1 atom stereocenters. The number of carbonyl (C=O) groups excluding carboxylic acids is 1. The van der Waals surface area contributed by atoms with Gasteiger partial charge in [-0.2, -0.15) is 0 Å². The van der Waals surface area contributed by atoms with Crippen LogP contribution in [0.3, 0.4) is 0 Å². The van der Waals surface area contributed by atoms with Gasteiger partial charge in [0.15, 0.2) is 0 Å². The molecule has 0 bridgehead atoms. The molecule has 1 saturated heterocycles. The molecule has 1 aromatic heterocycles. The van der Waals surface area contributed by atoms with Crippen molar-refractivity contribution in [1.82, 2.24) is 5.32 Å². The van der Waals surface area contributed by atoms with Crippen LogP contribution in [0.5, 0.6) is 0 Å². The molecule has 1 amide bonds. The number of anilines is 2. The third-order valence-electron chi connectivity index (χ3n) is 3.59. The summed E-state index contributed by atoms with van der Waals surface area (Å²) in [5.41, 5.74) is 6.80. The third kappa shape index (κ3) is 3.46. The number of nitrogen functional groups attached to an aromatic ring is 1. The lowest BCUT2D eigenvalue weighted by Gasteiger charge is -2.17. The standard InChI is InChI=1S/C14H23N3O2S2/c1-4-6-16-13(18)11-10(15)12(20-3)14(21-11)17-7-5-9(8-17)19-2/h9H,4-8,15H2,1-3H3,(H,16,18). The van der Waals surface area contributed by atoms with Crippen molar-refractivity contribution in [2.45, 2.75) is 30.8 Å². The summed E-state index contributed by atoms with van der Waals surface area (Å²) in [4.78, 5) is 16.1. The van der Waals surface area contributed by atoms with Gasteiger partial charge in [0, 0.05) is 26.7 Å². The Balaban J connectivity index is 2.24. The fraction of sp³-hybridized carbons (Fsp3) is 0.643. The Morgan fingerprint density at radius 2 is 2.38 bits per heavy atom. The first kappa shape index (κ1) is 16.5. The maximum atomic E-state index is 12.2. The highest BCUT2D eigenvalue weighted by Crippen LogP contribution is 2.44. The van der Waals surface area contributed by atoms with Gasteiger partial charge in [-0.05, 0) is 19.1 Å². The molecule has 2 rings (SSSR count). The van der Waals surface area contributed by atoms with Crippen LogP contribution in [0.1, 0.15) is 29.4 Å². The fourth-order valence-corrected chi connectivity index (χ4v) is 4.55. The highest BCUT2D eigenvalue weighted by molar-refractivity contribution is 7.99. The predicted molar refractivity (Wildman–Crippen MR) is 90.8 cm³/mol. The average molecular weight is 329 g/mol. The van der Waals surface area contributed by atoms with Gasteiger partial charge in [-0.15, -0.1) is 23.1 Å². The molecule has 118 valence electrons. The molecule has 5 nitrogen and oxygen atoms in total. The summed E-state index contributed by atoms with van der Waals surface area (Å²) in [6, 6.07) is 0. The van der Waals surface area contributed by atoms with E-state index in [0.717, 1.165) is 35.8 Å². The summed E-state index contributed by atoms with van der Waals surface area (Å²) < 4.78 is 5.42. The van der Waals surface area contributed by atoms with Crippen molar-refractivity contribution in [3.8, 4) is 0 Å². The first-order valence-electron chi connectivity index (χ1n) is 7.14. The van der Waals surface area contributed by atoms with Crippen molar-refractivity contribution in [3.05, 3.63) is 4.88 Å². The molecule has 21 heavy (non-hydrogen) atoms. The SMILES string of the molecule is CCCNC(=O)c1sc(N2CCC(OC)C2)c(SC)c1N. The summed E-state index contributed by atoms with van der Waals surface area (Å²) in [7, 11) is 1.75. The second kappa shape index (κ2) is 7.38. The summed E-state index contributed by atoms with van der Waals surface area (Å²) in [6.07, 6.45) is 4.19. The number of hydrogen-bond donors (Lipinski definition) is 2. The van der Waals surface area contributed by atoms with Gasteiger partial charge in [-0.25, -0.2) is 0 Å². The Morgan fingerprint density at radius 1 is 1.62 bits per heavy atom. The lowest BCUT2D eigenvalue weighted by molar-refractivity contribution is 0.0958. The van der Waals surface area contributed by atoms with Gasteiger partial charge in [-0.1, -0.05) is 6.92 Å². The minimum atomic E-state index is -0.0663. The number of hydrogen-bond acceptors (Lipinski definition) is 6. The molecule has 3 N–H and O–H groups in total. The van der Waals surface area contributed by atoms with Gasteiger partial charge in [0.2, 0.25) is 0 Å². The molecule has 7 heteroatoms. The molecule has 1 fully saturated rings. The maximum absolute atomic E-state index is 12.2. The normalized spacial score (nSPS) is 18.2. The molecule has 0 aromatic carbocycles. The van der Waals surface area contributed by atoms with Crippen LogP contribution in [0, 0.1) is 0 Å². The van der Waals surface area contributed by atoms with Crippen molar-refractivity contribution in [1.29, 1.82) is 0 Å². The van der Waals surface area contributed by atoms with Crippen LogP contribution in [-0.4, -0.2) is 45.0 Å². The van der Waals surface area contributed by atoms with E-state index in [0.29, 0.717) is 17.1 Å². The Morgan fingerprint density at radius 3 is 2.95 bits per heavy atom. The van der Waals surface area contributed by atoms with Crippen LogP contribution >= 0.6 is 23.1 Å². The number of amides is 1. The Bertz CT molecular complexity index is 505. The first-order chi connectivity index (χ1) is 10.1. The van der Waals surface area contributed by atoms with Crippen molar-refractivity contribution in [2.75, 3.05) is 43.6 Å². The number of nitrogens with zero attached hydrogens (tertiary/aromatic N) is 1. The number of rotatable bonds is 6. The molecule has 0 aliphatic carbocycles. The van der Waals surface area contributed by atoms with E-state index in [2.05, 4.69) is 10.2 Å². The predicted octanol–water partition coefficient (Wildman–Crippen LogP) is 2.42. The van der Waals surface area contributed by atoms with Crippen LogP contribution in [0.25, 0.3) is 0 Å². The Kier molecular flexibility index (Phi) is 5.78. The van der Waals surface area contributed by atoms with E-state index in [4.69, 9.17) is 10.5 Å². The third-order valence-corrected chi connectivity index (χ3v) is 5.81. The Hall–Kier alpha value is -0.920. The molecule has 2 heterocycles. The average Bonchev–Trinajstić information content (AvgIpc) is 3.08. The van der Waals surface area contributed by atoms with E-state index >= 15 is 0 Å². The van der Waals surface area contributed by atoms with E-state index in [1.54, 1.807) is 18.9 Å². The summed E-state index contributed by atoms with van der Waals surface area (Å²) in [6.45, 7) is 4.52. The number of nitrogens with two attached hydrogens (primary N) is 1. The van der Waals surface area contributed by atoms with E-state index in [-0.39, 0.29) is 12.0 Å². The highest BCUT2D eigenvalue weighted by Gasteiger charge is 2.29. The van der Waals surface area contributed by atoms with Crippen molar-refractivity contribution in [2.24, 2.45) is 0 Å². The number of thioether (sulfide) groups is 1. The van der Waals surface area contributed by atoms with Gasteiger partial charge in [-0.3, -0.25) is 4.79 Å². The van der Waals surface area contributed by atoms with Crippen molar-refractivity contribution >= 4 is 39.7 Å². The Labute approximate surface area is 134 Å². The van der Waals surface area contributed by atoms with Gasteiger partial charge in [0.1, 0.15) is 9.88 Å². The number of nitrogens with one attached hydrogen (secondary N) is 1. The molecule has 0 saturated carbocycles. The highest BCUT2D eigenvalue weighted by atomic mass is 32.2. The second-order valence-electron chi connectivity index (χ2n) is 5.03. The fourth-order valence-electron chi connectivity index (χ4n) is 2.41. The molecule has 1 aromatic rings. The van der Waals surface area contributed by atoms with Gasteiger partial charge in [0.25, 0.3) is 5.91 Å². The number of thiophene rings is 1. The first-order valence-corrected chi connectivity index (χ1v) is 9.18. The van der Waals surface area contributed by atoms with E-state index in [1.165, 1.54) is 11.3 Å². The molecular formula is C14H23N3O2S2. The zero-order valence-corrected chi connectivity index (χ0v) is 14.4. The summed E-state index contributed by atoms with van der Waals surface area (Å²) in [5.74, 6) is -0.0663. The maximum Gasteiger partial charge on any atom is 0.263 e. The molecule has 1 aliphatic rings. The zero-order valence-electron chi connectivity index (χ0n) is 12.8. The second-order valence-corrected chi connectivity index (χ2v) is 6.85. The lowest BCUT2D eigenvalue weighted by atomic mass is 10.3. The number of methoxy groups -OCH3 is 1. The zero-order chi connectivity index (χ0) is 15.4. The summed E-state index contributed by atoms with van der Waals surface area (Å²) in [5, 5.41) is 4.00. The number of carbonyl (C=O) groups is 1.